The van der Waals surface area contributed by atoms with E-state index in [0.29, 0.717) is 6.04 Å². The van der Waals surface area contributed by atoms with E-state index in [0.717, 1.165) is 13.0 Å². The number of nitrogens with zero attached hydrogens (tertiary/aromatic N) is 3. The Hall–Kier alpha value is -0.870. The molecule has 2 atom stereocenters. The van der Waals surface area contributed by atoms with Crippen LogP contribution in [0.3, 0.4) is 0 Å². The third-order valence-corrected chi connectivity index (χ3v) is 4.21. The molecule has 0 radical (unpaired) electrons. The lowest BCUT2D eigenvalue weighted by atomic mass is 10.1. The van der Waals surface area contributed by atoms with Gasteiger partial charge in [-0.15, -0.1) is 0 Å². The summed E-state index contributed by atoms with van der Waals surface area (Å²) in [6.07, 6.45) is 11.1. The van der Waals surface area contributed by atoms with Crippen LogP contribution in [0.5, 0.6) is 0 Å². The molecular weight excluding hydrogens is 250 g/mol. The number of aliphatic hydroxyl groups excluding tert-OH is 1. The maximum atomic E-state index is 9.53. The smallest absolute Gasteiger partial charge is 0.0527 e. The molecule has 114 valence electrons. The number of aromatic nitrogens is 2. The number of rotatable bonds is 8. The normalized spacial score (nSPS) is 21.4. The van der Waals surface area contributed by atoms with Crippen molar-refractivity contribution in [3.63, 3.8) is 0 Å². The summed E-state index contributed by atoms with van der Waals surface area (Å²) in [4.78, 5) is 2.57. The summed E-state index contributed by atoms with van der Waals surface area (Å²) in [6.45, 7) is 7.43. The predicted octanol–water partition coefficient (Wildman–Crippen LogP) is 2.60. The van der Waals surface area contributed by atoms with Crippen molar-refractivity contribution in [3.8, 4) is 0 Å². The van der Waals surface area contributed by atoms with E-state index in [2.05, 4.69) is 23.1 Å². The van der Waals surface area contributed by atoms with Crippen LogP contribution in [0.15, 0.2) is 12.4 Å². The van der Waals surface area contributed by atoms with Crippen molar-refractivity contribution in [3.05, 3.63) is 18.0 Å². The Bertz CT molecular complexity index is 389. The largest absolute Gasteiger partial charge is 0.393 e. The van der Waals surface area contributed by atoms with Gasteiger partial charge in [0, 0.05) is 18.8 Å². The van der Waals surface area contributed by atoms with Gasteiger partial charge in [0.05, 0.1) is 12.3 Å². The molecule has 1 aliphatic heterocycles. The molecule has 1 aromatic rings. The Morgan fingerprint density at radius 1 is 1.35 bits per heavy atom. The number of likely N-dealkylation sites (tertiary alicyclic amines) is 1. The summed E-state index contributed by atoms with van der Waals surface area (Å²) >= 11 is 0. The molecule has 1 aromatic heterocycles. The van der Waals surface area contributed by atoms with Crippen molar-refractivity contribution in [1.29, 1.82) is 0 Å². The van der Waals surface area contributed by atoms with Crippen LogP contribution < -0.4 is 0 Å². The predicted molar refractivity (Wildman–Crippen MR) is 81.7 cm³/mol. The molecule has 2 heterocycles. The van der Waals surface area contributed by atoms with Crippen molar-refractivity contribution >= 4 is 0 Å². The fourth-order valence-corrected chi connectivity index (χ4v) is 3.20. The molecule has 2 rings (SSSR count). The lowest BCUT2D eigenvalue weighted by Gasteiger charge is -2.25. The summed E-state index contributed by atoms with van der Waals surface area (Å²) < 4.78 is 2.04. The van der Waals surface area contributed by atoms with E-state index in [1.165, 1.54) is 50.8 Å². The first kappa shape index (κ1) is 15.5. The van der Waals surface area contributed by atoms with Crippen LogP contribution in [0.2, 0.25) is 0 Å². The van der Waals surface area contributed by atoms with Crippen LogP contribution in [0.1, 0.15) is 51.0 Å². The topological polar surface area (TPSA) is 41.3 Å². The van der Waals surface area contributed by atoms with E-state index >= 15 is 0 Å². The van der Waals surface area contributed by atoms with Crippen molar-refractivity contribution < 1.29 is 5.11 Å². The fourth-order valence-electron chi connectivity index (χ4n) is 3.20. The summed E-state index contributed by atoms with van der Waals surface area (Å²) in [5.41, 5.74) is 1.24. The Morgan fingerprint density at radius 3 is 2.85 bits per heavy atom. The van der Waals surface area contributed by atoms with Gasteiger partial charge in [-0.3, -0.25) is 4.68 Å². The second kappa shape index (κ2) is 7.79. The van der Waals surface area contributed by atoms with Crippen LogP contribution in [-0.2, 0) is 6.54 Å². The average molecular weight is 279 g/mol. The molecule has 20 heavy (non-hydrogen) atoms. The van der Waals surface area contributed by atoms with E-state index < -0.39 is 0 Å². The van der Waals surface area contributed by atoms with Gasteiger partial charge in [-0.25, -0.2) is 0 Å². The Kier molecular flexibility index (Phi) is 6.05. The lowest BCUT2D eigenvalue weighted by molar-refractivity contribution is 0.133. The van der Waals surface area contributed by atoms with E-state index in [-0.39, 0.29) is 6.10 Å². The molecule has 1 aliphatic rings. The van der Waals surface area contributed by atoms with E-state index in [4.69, 9.17) is 0 Å². The Balaban J connectivity index is 1.58. The summed E-state index contributed by atoms with van der Waals surface area (Å²) in [5, 5.41) is 13.8. The third kappa shape index (κ3) is 4.91. The van der Waals surface area contributed by atoms with Crippen LogP contribution in [0.25, 0.3) is 0 Å². The molecule has 0 aliphatic carbocycles. The summed E-state index contributed by atoms with van der Waals surface area (Å²) in [5.74, 6) is 0. The van der Waals surface area contributed by atoms with E-state index in [1.807, 2.05) is 17.8 Å². The molecule has 4 nitrogen and oxygen atoms in total. The van der Waals surface area contributed by atoms with Gasteiger partial charge in [0.1, 0.15) is 0 Å². The molecule has 0 saturated carbocycles. The second-order valence-electron chi connectivity index (χ2n) is 6.26. The zero-order valence-corrected chi connectivity index (χ0v) is 13.0. The minimum Gasteiger partial charge on any atom is -0.393 e. The summed E-state index contributed by atoms with van der Waals surface area (Å²) in [6, 6.07) is 0.615. The molecule has 0 spiro atoms. The maximum Gasteiger partial charge on any atom is 0.0527 e. The number of hydrogen-bond acceptors (Lipinski definition) is 3. The van der Waals surface area contributed by atoms with Gasteiger partial charge in [0.25, 0.3) is 0 Å². The van der Waals surface area contributed by atoms with Gasteiger partial charge in [0.2, 0.25) is 0 Å². The minimum atomic E-state index is -0.163. The van der Waals surface area contributed by atoms with Crippen molar-refractivity contribution in [2.24, 2.45) is 0 Å². The van der Waals surface area contributed by atoms with Gasteiger partial charge in [0.15, 0.2) is 0 Å². The first-order valence-electron chi connectivity index (χ1n) is 8.06. The zero-order chi connectivity index (χ0) is 14.4. The van der Waals surface area contributed by atoms with Crippen molar-refractivity contribution in [2.75, 3.05) is 13.1 Å². The van der Waals surface area contributed by atoms with Gasteiger partial charge in [-0.05, 0) is 64.6 Å². The molecule has 2 unspecified atom stereocenters. The van der Waals surface area contributed by atoms with Gasteiger partial charge >= 0.3 is 0 Å². The first-order valence-corrected chi connectivity index (χ1v) is 8.06. The van der Waals surface area contributed by atoms with Gasteiger partial charge in [-0.2, -0.15) is 5.10 Å². The molecule has 0 amide bonds. The number of aryl methyl sites for hydroxylation is 2. The van der Waals surface area contributed by atoms with E-state index in [9.17, 15) is 5.11 Å². The Labute approximate surface area is 122 Å². The average Bonchev–Trinajstić information content (AvgIpc) is 2.98. The van der Waals surface area contributed by atoms with E-state index in [1.54, 1.807) is 0 Å². The van der Waals surface area contributed by atoms with Crippen LogP contribution in [-0.4, -0.2) is 45.0 Å². The summed E-state index contributed by atoms with van der Waals surface area (Å²) in [7, 11) is 0. The maximum absolute atomic E-state index is 9.53. The Morgan fingerprint density at radius 2 is 2.15 bits per heavy atom. The monoisotopic (exact) mass is 279 g/mol. The lowest BCUT2D eigenvalue weighted by Crippen LogP contribution is -2.32. The highest BCUT2D eigenvalue weighted by atomic mass is 16.3. The van der Waals surface area contributed by atoms with Crippen molar-refractivity contribution in [2.45, 2.75) is 71.1 Å². The molecule has 1 N–H and O–H groups in total. The molecule has 1 fully saturated rings. The van der Waals surface area contributed by atoms with Crippen molar-refractivity contribution in [1.82, 2.24) is 14.7 Å². The number of hydrogen-bond donors (Lipinski definition) is 1. The molecule has 1 saturated heterocycles. The minimum absolute atomic E-state index is 0.163. The highest BCUT2D eigenvalue weighted by Crippen LogP contribution is 2.21. The van der Waals surface area contributed by atoms with Gasteiger partial charge < -0.3 is 10.0 Å². The molecule has 0 aromatic carbocycles. The molecule has 0 bridgehead atoms. The standard InChI is InChI=1S/C16H29N3O/c1-14-12-17-19(13-14)10-5-3-4-8-18-9-6-7-16(18)11-15(2)20/h12-13,15-16,20H,3-11H2,1-2H3. The SMILES string of the molecule is Cc1cnn(CCCCCN2CCCC2CC(C)O)c1. The third-order valence-electron chi connectivity index (χ3n) is 4.21. The molecule has 4 heteroatoms. The number of aliphatic hydroxyl groups is 1. The molecular formula is C16H29N3O. The quantitative estimate of drug-likeness (QED) is 0.744. The van der Waals surface area contributed by atoms with Crippen LogP contribution >= 0.6 is 0 Å². The van der Waals surface area contributed by atoms with Gasteiger partial charge in [-0.1, -0.05) is 6.42 Å². The number of unbranched alkanes of at least 4 members (excludes halogenated alkanes) is 2. The second-order valence-corrected chi connectivity index (χ2v) is 6.26. The zero-order valence-electron chi connectivity index (χ0n) is 13.0. The fraction of sp³-hybridized carbons (Fsp3) is 0.812. The highest BCUT2D eigenvalue weighted by Gasteiger charge is 2.24. The highest BCUT2D eigenvalue weighted by molar-refractivity contribution is 4.99. The van der Waals surface area contributed by atoms with Crippen LogP contribution in [0, 0.1) is 6.92 Å². The van der Waals surface area contributed by atoms with Crippen LogP contribution in [0.4, 0.5) is 0 Å². The first-order chi connectivity index (χ1) is 9.65.